The first kappa shape index (κ1) is 27.0. The lowest BCUT2D eigenvalue weighted by Gasteiger charge is -2.11. The van der Waals surface area contributed by atoms with E-state index in [1.807, 2.05) is 0 Å². The Hall–Kier alpha value is -3.08. The molecule has 1 fully saturated rings. The maximum absolute atomic E-state index is 14.2. The summed E-state index contributed by atoms with van der Waals surface area (Å²) in [5.41, 5.74) is 3.34. The predicted molar refractivity (Wildman–Crippen MR) is 131 cm³/mol. The van der Waals surface area contributed by atoms with Gasteiger partial charge < -0.3 is 16.4 Å². The highest BCUT2D eigenvalue weighted by Gasteiger charge is 2.67. The number of nitrogens with one attached hydrogen (secondary N) is 2. The van der Waals surface area contributed by atoms with Crippen LogP contribution in [0, 0.1) is 23.4 Å². The van der Waals surface area contributed by atoms with Gasteiger partial charge in [-0.1, -0.05) is 17.7 Å². The molecule has 0 aliphatic heterocycles. The minimum absolute atomic E-state index is 0.0508. The molecule has 5 nitrogen and oxygen atoms in total. The van der Waals surface area contributed by atoms with E-state index in [2.05, 4.69) is 10.6 Å². The lowest BCUT2D eigenvalue weighted by Crippen LogP contribution is -2.18. The van der Waals surface area contributed by atoms with Crippen molar-refractivity contribution < 1.29 is 31.5 Å². The number of amides is 2. The van der Waals surface area contributed by atoms with Gasteiger partial charge in [-0.3, -0.25) is 9.59 Å². The van der Waals surface area contributed by atoms with E-state index in [0.29, 0.717) is 0 Å². The molecule has 0 spiro atoms. The zero-order valence-electron chi connectivity index (χ0n) is 18.3. The molecular weight excluding hydrogens is 564 g/mol. The van der Waals surface area contributed by atoms with E-state index < -0.39 is 68.8 Å². The van der Waals surface area contributed by atoms with Gasteiger partial charge in [-0.15, -0.1) is 23.2 Å². The van der Waals surface area contributed by atoms with Gasteiger partial charge in [0.2, 0.25) is 5.91 Å². The molecule has 0 unspecified atom stereocenters. The molecule has 4 N–H and O–H groups in total. The Labute approximate surface area is 221 Å². The normalized spacial score (nSPS) is 18.0. The number of carbonyl (C=O) groups excluding carboxylic acids is 2. The summed E-state index contributed by atoms with van der Waals surface area (Å²) < 4.78 is 65.7. The van der Waals surface area contributed by atoms with Gasteiger partial charge in [0.15, 0.2) is 5.82 Å². The third kappa shape index (κ3) is 5.18. The van der Waals surface area contributed by atoms with Crippen molar-refractivity contribution in [3.8, 4) is 0 Å². The van der Waals surface area contributed by atoms with Crippen molar-refractivity contribution in [2.45, 2.75) is 16.7 Å². The minimum Gasteiger partial charge on any atom is -0.394 e. The molecule has 13 heteroatoms. The molecule has 0 bridgehead atoms. The number of benzene rings is 3. The number of nitrogen functional groups attached to an aromatic ring is 1. The van der Waals surface area contributed by atoms with Crippen LogP contribution < -0.4 is 16.4 Å². The second kappa shape index (κ2) is 10.00. The van der Waals surface area contributed by atoms with Crippen LogP contribution >= 0.6 is 34.8 Å². The van der Waals surface area contributed by atoms with Crippen LogP contribution in [0.15, 0.2) is 48.5 Å². The molecule has 0 radical (unpaired) electrons. The molecular formula is C24H15Cl3F5N3O2. The highest BCUT2D eigenvalue weighted by Crippen LogP contribution is 2.65. The first-order valence-corrected chi connectivity index (χ1v) is 11.6. The number of carbonyl (C=O) groups is 2. The zero-order valence-corrected chi connectivity index (χ0v) is 20.5. The third-order valence-electron chi connectivity index (χ3n) is 5.80. The molecule has 1 aliphatic carbocycles. The van der Waals surface area contributed by atoms with Crippen molar-refractivity contribution in [1.82, 2.24) is 0 Å². The summed E-state index contributed by atoms with van der Waals surface area (Å²) in [5.74, 6) is -6.87. The fourth-order valence-electron chi connectivity index (χ4n) is 3.84. The van der Waals surface area contributed by atoms with Crippen molar-refractivity contribution >= 4 is 63.7 Å². The molecule has 2 amide bonds. The van der Waals surface area contributed by atoms with Crippen LogP contribution in [-0.4, -0.2) is 16.1 Å². The molecule has 0 heterocycles. The number of halogens is 8. The Bertz CT molecular complexity index is 1420. The van der Waals surface area contributed by atoms with Crippen LogP contribution in [0.5, 0.6) is 0 Å². The monoisotopic (exact) mass is 577 g/mol. The summed E-state index contributed by atoms with van der Waals surface area (Å²) in [7, 11) is 0. The molecule has 1 saturated carbocycles. The smallest absolute Gasteiger partial charge is 0.266 e. The average Bonchev–Trinajstić information content (AvgIpc) is 3.42. The maximum Gasteiger partial charge on any atom is 0.266 e. The van der Waals surface area contributed by atoms with Gasteiger partial charge in [0.1, 0.15) is 21.7 Å². The van der Waals surface area contributed by atoms with Gasteiger partial charge in [0.25, 0.3) is 12.3 Å². The van der Waals surface area contributed by atoms with E-state index in [9.17, 15) is 31.5 Å². The van der Waals surface area contributed by atoms with Crippen molar-refractivity contribution in [3.05, 3.63) is 87.7 Å². The van der Waals surface area contributed by atoms with Crippen molar-refractivity contribution in [2.75, 3.05) is 16.4 Å². The first-order chi connectivity index (χ1) is 17.3. The predicted octanol–water partition coefficient (Wildman–Crippen LogP) is 7.06. The number of hydrogen-bond donors (Lipinski definition) is 3. The van der Waals surface area contributed by atoms with E-state index in [1.165, 1.54) is 24.3 Å². The minimum atomic E-state index is -3.08. The highest BCUT2D eigenvalue weighted by atomic mass is 35.5. The van der Waals surface area contributed by atoms with Crippen LogP contribution in [0.25, 0.3) is 0 Å². The second-order valence-electron chi connectivity index (χ2n) is 8.17. The molecule has 0 aromatic heterocycles. The summed E-state index contributed by atoms with van der Waals surface area (Å²) >= 11 is 18.6. The summed E-state index contributed by atoms with van der Waals surface area (Å²) in [6.45, 7) is 0. The van der Waals surface area contributed by atoms with Gasteiger partial charge in [0, 0.05) is 11.6 Å². The molecule has 37 heavy (non-hydrogen) atoms. The van der Waals surface area contributed by atoms with Gasteiger partial charge in [-0.2, -0.15) is 0 Å². The summed E-state index contributed by atoms with van der Waals surface area (Å²) in [6.07, 6.45) is -3.08. The van der Waals surface area contributed by atoms with Crippen molar-refractivity contribution in [3.63, 3.8) is 0 Å². The molecule has 2 atom stereocenters. The van der Waals surface area contributed by atoms with Crippen molar-refractivity contribution in [2.24, 2.45) is 5.92 Å². The highest BCUT2D eigenvalue weighted by molar-refractivity contribution is 6.53. The van der Waals surface area contributed by atoms with Crippen LogP contribution in [0.2, 0.25) is 5.02 Å². The van der Waals surface area contributed by atoms with Crippen LogP contribution in [0.3, 0.4) is 0 Å². The van der Waals surface area contributed by atoms with Crippen LogP contribution in [-0.2, 0) is 4.79 Å². The number of hydrogen-bond acceptors (Lipinski definition) is 3. The van der Waals surface area contributed by atoms with Gasteiger partial charge in [-0.25, -0.2) is 22.0 Å². The Morgan fingerprint density at radius 1 is 0.946 bits per heavy atom. The molecule has 1 aliphatic rings. The average molecular weight is 579 g/mol. The number of alkyl halides is 4. The van der Waals surface area contributed by atoms with Gasteiger partial charge in [-0.05, 0) is 48.0 Å². The van der Waals surface area contributed by atoms with E-state index in [1.54, 1.807) is 0 Å². The SMILES string of the molecule is Nc1c(F)ccc(NC(=O)c2cc(NC(=O)[C@H]3[C@H](c4ccc(F)c(C(F)F)c4)C3(Cl)Cl)ccc2Cl)c1F. The lowest BCUT2D eigenvalue weighted by atomic mass is 10.0. The first-order valence-electron chi connectivity index (χ1n) is 10.4. The maximum atomic E-state index is 14.2. The quantitative estimate of drug-likeness (QED) is 0.166. The van der Waals surface area contributed by atoms with Crippen molar-refractivity contribution in [1.29, 1.82) is 0 Å². The fourth-order valence-corrected chi connectivity index (χ4v) is 4.87. The lowest BCUT2D eigenvalue weighted by molar-refractivity contribution is -0.117. The fraction of sp³-hybridized carbons (Fsp3) is 0.167. The van der Waals surface area contributed by atoms with Crippen LogP contribution in [0.4, 0.5) is 39.0 Å². The van der Waals surface area contributed by atoms with Gasteiger partial charge in [0.05, 0.1) is 27.8 Å². The Morgan fingerprint density at radius 3 is 2.30 bits per heavy atom. The molecule has 4 rings (SSSR count). The summed E-state index contributed by atoms with van der Waals surface area (Å²) in [6, 6.07) is 8.64. The van der Waals surface area contributed by atoms with E-state index in [-0.39, 0.29) is 21.8 Å². The summed E-state index contributed by atoms with van der Waals surface area (Å²) in [4.78, 5) is 25.6. The van der Waals surface area contributed by atoms with E-state index in [0.717, 1.165) is 24.3 Å². The Balaban J connectivity index is 1.52. The topological polar surface area (TPSA) is 84.2 Å². The molecule has 194 valence electrons. The standard InChI is InChI=1S/C24H15Cl3F5N3O2/c25-13-3-2-10(8-11(13)22(36)35-16-6-5-15(29)20(33)19(16)30)34-23(37)18-17(24(18,26)27)9-1-4-14(28)12(7-9)21(31)32/h1-8,17-18,21H,33H2,(H,34,37)(H,35,36)/t17-,18+/m0/s1. The molecule has 3 aromatic rings. The van der Waals surface area contributed by atoms with E-state index >= 15 is 0 Å². The van der Waals surface area contributed by atoms with E-state index in [4.69, 9.17) is 40.5 Å². The summed E-state index contributed by atoms with van der Waals surface area (Å²) in [5, 5.41) is 4.68. The number of rotatable bonds is 6. The molecule has 3 aromatic carbocycles. The number of anilines is 3. The molecule has 0 saturated heterocycles. The zero-order chi connectivity index (χ0) is 27.2. The largest absolute Gasteiger partial charge is 0.394 e. The second-order valence-corrected chi connectivity index (χ2v) is 10.0. The third-order valence-corrected chi connectivity index (χ3v) is 7.07. The Morgan fingerprint density at radius 2 is 1.62 bits per heavy atom. The number of nitrogens with two attached hydrogens (primary N) is 1. The Kier molecular flexibility index (Phi) is 7.29. The van der Waals surface area contributed by atoms with Crippen LogP contribution in [0.1, 0.15) is 33.8 Å². The van der Waals surface area contributed by atoms with Gasteiger partial charge >= 0.3 is 0 Å².